The maximum Gasteiger partial charge on any atom is 1.00 e. The molecule has 518 valence electrons. The molecule has 0 bridgehead atoms. The van der Waals surface area contributed by atoms with Crippen molar-refractivity contribution in [2.24, 2.45) is 0 Å². The van der Waals surface area contributed by atoms with Gasteiger partial charge in [0.1, 0.15) is 0 Å². The van der Waals surface area contributed by atoms with E-state index in [1.54, 1.807) is 0 Å². The minimum absolute atomic E-state index is 0. The Kier molecular flexibility index (Phi) is 84.3. The van der Waals surface area contributed by atoms with E-state index in [1.165, 1.54) is 122 Å². The second kappa shape index (κ2) is 82.2. The first-order valence-corrected chi connectivity index (χ1v) is 34.6. The van der Waals surface area contributed by atoms with Gasteiger partial charge in [-0.2, -0.15) is 0 Å². The van der Waals surface area contributed by atoms with Gasteiger partial charge in [-0.15, -0.1) is 0 Å². The van der Waals surface area contributed by atoms with E-state index in [2.05, 4.69) is 6.92 Å². The third-order valence-electron chi connectivity index (χ3n) is 12.7. The fourth-order valence-electron chi connectivity index (χ4n) is 7.90. The smallest absolute Gasteiger partial charge is 0.748 e. The van der Waals surface area contributed by atoms with Crippen molar-refractivity contribution in [3.05, 3.63) is 0 Å². The van der Waals surface area contributed by atoms with Crippen LogP contribution in [0.5, 0.6) is 0 Å². The van der Waals surface area contributed by atoms with Crippen LogP contribution >= 0.6 is 0 Å². The summed E-state index contributed by atoms with van der Waals surface area (Å²) in [7, 11) is -4.25. The molecule has 0 radical (unpaired) electrons. The fourth-order valence-corrected chi connectivity index (χ4v) is 8.22. The molecule has 0 saturated heterocycles. The molecule has 0 fully saturated rings. The van der Waals surface area contributed by atoms with Gasteiger partial charge in [0, 0.05) is 6.61 Å². The average molecular weight is 1290 g/mol. The Labute approximate surface area is 549 Å². The molecular weight excluding hydrogens is 1170 g/mol. The van der Waals surface area contributed by atoms with Crippen molar-refractivity contribution in [2.45, 2.75) is 135 Å². The van der Waals surface area contributed by atoms with E-state index in [4.69, 9.17) is 94.7 Å². The molecule has 0 N–H and O–H groups in total. The minimum Gasteiger partial charge on any atom is -0.748 e. The first-order valence-electron chi connectivity index (χ1n) is 33.0. The van der Waals surface area contributed by atoms with Gasteiger partial charge in [0.25, 0.3) is 0 Å². The van der Waals surface area contributed by atoms with Gasteiger partial charge in [0.2, 0.25) is 0 Å². The number of unbranched alkanes of at least 4 members (excludes halogenated alkanes) is 19. The summed E-state index contributed by atoms with van der Waals surface area (Å²) in [4.78, 5) is 0. The van der Waals surface area contributed by atoms with Crippen molar-refractivity contribution in [1.82, 2.24) is 0 Å². The fraction of sp³-hybridized carbons (Fsp3) is 1.00. The first kappa shape index (κ1) is 89.2. The van der Waals surface area contributed by atoms with Crippen molar-refractivity contribution in [2.75, 3.05) is 270 Å². The molecule has 25 heteroatoms. The van der Waals surface area contributed by atoms with Gasteiger partial charge >= 0.3 is 29.6 Å². The number of rotatable bonds is 81. The predicted molar refractivity (Wildman–Crippen MR) is 329 cm³/mol. The molecule has 0 saturated carbocycles. The zero-order chi connectivity index (χ0) is 61.8. The summed E-state index contributed by atoms with van der Waals surface area (Å²) in [6.07, 6.45) is 27.9. The van der Waals surface area contributed by atoms with Gasteiger partial charge in [0.05, 0.1) is 274 Å². The molecule has 0 spiro atoms. The zero-order valence-electron chi connectivity index (χ0n) is 54.9. The SMILES string of the molecule is CCCCCCCCCCCCCCCCCCCCCCOCCOCCOCCOCCOCCOCCOCCOCCOCCOCCOCCOCCOCCOCCOCCOCCOCCOCCOCCOCCS(=O)(=O)[O-].[Na+]. The van der Waals surface area contributed by atoms with Crippen LogP contribution in [0.2, 0.25) is 0 Å². The second-order valence-corrected chi connectivity index (χ2v) is 21.8. The Bertz CT molecular complexity index is 1330. The molecule has 0 aromatic carbocycles. The Morgan fingerprint density at radius 3 is 0.437 bits per heavy atom. The Morgan fingerprint density at radius 1 is 0.184 bits per heavy atom. The maximum absolute atomic E-state index is 10.5. The molecule has 0 aromatic rings. The van der Waals surface area contributed by atoms with Gasteiger partial charge in [-0.25, -0.2) is 8.42 Å². The van der Waals surface area contributed by atoms with Crippen LogP contribution in [0.3, 0.4) is 0 Å². The summed E-state index contributed by atoms with van der Waals surface area (Å²) in [5.41, 5.74) is 0. The molecule has 0 aromatic heterocycles. The van der Waals surface area contributed by atoms with E-state index in [-0.39, 0.29) is 49.4 Å². The Hall–Kier alpha value is 0.110. The van der Waals surface area contributed by atoms with Crippen LogP contribution < -0.4 is 29.6 Å². The van der Waals surface area contributed by atoms with Gasteiger partial charge in [0.15, 0.2) is 0 Å². The Morgan fingerprint density at radius 2 is 0.299 bits per heavy atom. The molecule has 0 aliphatic heterocycles. The van der Waals surface area contributed by atoms with Crippen LogP contribution in [0, 0.1) is 0 Å². The maximum atomic E-state index is 10.5. The van der Waals surface area contributed by atoms with E-state index in [9.17, 15) is 13.0 Å². The van der Waals surface area contributed by atoms with Gasteiger partial charge < -0.3 is 99.3 Å². The van der Waals surface area contributed by atoms with E-state index < -0.39 is 15.9 Å². The molecule has 0 atom stereocenters. The van der Waals surface area contributed by atoms with Crippen LogP contribution in [0.25, 0.3) is 0 Å². The van der Waals surface area contributed by atoms with Crippen molar-refractivity contribution in [3.63, 3.8) is 0 Å². The summed E-state index contributed by atoms with van der Waals surface area (Å²) in [5, 5.41) is 0. The third kappa shape index (κ3) is 88.2. The standard InChI is InChI=1S/C62H126O23S.Na/c1-2-3-4-5-6-7-8-9-10-11-12-13-14-15-16-17-18-19-20-21-22-66-23-24-67-25-26-68-27-28-69-29-30-70-31-32-71-33-34-72-35-36-73-37-38-74-39-40-75-41-42-76-43-44-77-45-46-78-47-48-79-49-50-80-51-52-81-53-54-82-55-56-83-57-58-84-59-60-85-61-62-86(63,64)65;/h2-62H2,1H3,(H,63,64,65);/q;+1/p-1. The molecule has 0 amide bonds. The van der Waals surface area contributed by atoms with E-state index in [1.807, 2.05) is 0 Å². The predicted octanol–water partition coefficient (Wildman–Crippen LogP) is 4.69. The van der Waals surface area contributed by atoms with Crippen LogP contribution in [0.4, 0.5) is 0 Å². The number of hydrogen-bond acceptors (Lipinski definition) is 23. The molecular formula is C62H125NaO23S. The van der Waals surface area contributed by atoms with Crippen LogP contribution in [0.15, 0.2) is 0 Å². The molecule has 23 nitrogen and oxygen atoms in total. The van der Waals surface area contributed by atoms with Crippen LogP contribution in [-0.4, -0.2) is 283 Å². The largest absolute Gasteiger partial charge is 1.00 e. The zero-order valence-corrected chi connectivity index (χ0v) is 57.7. The molecule has 0 heterocycles. The van der Waals surface area contributed by atoms with Gasteiger partial charge in [-0.1, -0.05) is 129 Å². The van der Waals surface area contributed by atoms with E-state index in [0.29, 0.717) is 238 Å². The normalized spacial score (nSPS) is 11.8. The summed E-state index contributed by atoms with van der Waals surface area (Å²) < 4.78 is 141. The van der Waals surface area contributed by atoms with Crippen LogP contribution in [-0.2, 0) is 105 Å². The van der Waals surface area contributed by atoms with Crippen molar-refractivity contribution in [3.8, 4) is 0 Å². The van der Waals surface area contributed by atoms with E-state index in [0.717, 1.165) is 13.0 Å². The first-order chi connectivity index (χ1) is 42.6. The number of hydrogen-bond donors (Lipinski definition) is 0. The topological polar surface area (TPSA) is 242 Å². The second-order valence-electron chi connectivity index (χ2n) is 20.2. The van der Waals surface area contributed by atoms with Crippen molar-refractivity contribution in [1.29, 1.82) is 0 Å². The van der Waals surface area contributed by atoms with Crippen LogP contribution in [0.1, 0.15) is 135 Å². The molecule has 0 unspecified atom stereocenters. The summed E-state index contributed by atoms with van der Waals surface area (Å²) in [5.74, 6) is -0.542. The monoisotopic (exact) mass is 1290 g/mol. The van der Waals surface area contributed by atoms with Crippen molar-refractivity contribution < 1.29 is 137 Å². The van der Waals surface area contributed by atoms with Gasteiger partial charge in [-0.3, -0.25) is 0 Å². The Balaban J connectivity index is 0. The molecule has 0 aliphatic carbocycles. The summed E-state index contributed by atoms with van der Waals surface area (Å²) >= 11 is 0. The van der Waals surface area contributed by atoms with Gasteiger partial charge in [-0.05, 0) is 6.42 Å². The average Bonchev–Trinajstić information content (AvgIpc) is 3.51. The summed E-state index contributed by atoms with van der Waals surface area (Å²) in [6.45, 7) is 21.1. The van der Waals surface area contributed by atoms with Crippen molar-refractivity contribution >= 4 is 10.1 Å². The number of ether oxygens (including phenoxy) is 20. The molecule has 0 aliphatic rings. The quantitative estimate of drug-likeness (QED) is 0.0456. The molecule has 0 rings (SSSR count). The summed E-state index contributed by atoms with van der Waals surface area (Å²) in [6, 6.07) is 0. The minimum atomic E-state index is -4.25. The molecule has 87 heavy (non-hydrogen) atoms. The third-order valence-corrected chi connectivity index (χ3v) is 13.4. The van der Waals surface area contributed by atoms with E-state index >= 15 is 0 Å².